The van der Waals surface area contributed by atoms with E-state index in [-0.39, 0.29) is 24.3 Å². The zero-order valence-corrected chi connectivity index (χ0v) is 18.2. The van der Waals surface area contributed by atoms with Gasteiger partial charge in [-0.25, -0.2) is 0 Å². The molecule has 168 valence electrons. The largest absolute Gasteiger partial charge is 0.482 e. The van der Waals surface area contributed by atoms with Gasteiger partial charge in [-0.3, -0.25) is 9.59 Å². The number of aliphatic hydroxyl groups is 1. The average molecular weight is 443 g/mol. The summed E-state index contributed by atoms with van der Waals surface area (Å²) in [6.45, 7) is 1.08. The van der Waals surface area contributed by atoms with Gasteiger partial charge in [-0.2, -0.15) is 0 Å². The maximum absolute atomic E-state index is 13.2. The summed E-state index contributed by atoms with van der Waals surface area (Å²) in [6, 6.07) is 24.7. The number of nitrogens with one attached hydrogen (secondary N) is 1. The first kappa shape index (κ1) is 21.2. The number of fused-ring (bicyclic) bond motifs is 1. The molecule has 6 nitrogen and oxygen atoms in total. The number of hydrogen-bond acceptors (Lipinski definition) is 4. The zero-order valence-electron chi connectivity index (χ0n) is 18.2. The van der Waals surface area contributed by atoms with Crippen LogP contribution in [0.3, 0.4) is 0 Å². The van der Waals surface area contributed by atoms with Crippen LogP contribution >= 0.6 is 0 Å². The standard InChI is InChI=1S/C27H26N2O4/c30-25-18-33-24-12-11-19(17-23(24)28-25)26(31)29-15-13-22(14-16-29)27(32,20-7-3-1-4-8-20)21-9-5-2-6-10-21/h1-12,17,22,32H,13-16,18H2,(H,28,30). The van der Waals surface area contributed by atoms with Crippen LogP contribution < -0.4 is 10.1 Å². The van der Waals surface area contributed by atoms with E-state index in [1.807, 2.05) is 65.6 Å². The van der Waals surface area contributed by atoms with Gasteiger partial charge in [0.05, 0.1) is 5.69 Å². The van der Waals surface area contributed by atoms with Crippen LogP contribution in [-0.2, 0) is 10.4 Å². The van der Waals surface area contributed by atoms with Crippen molar-refractivity contribution < 1.29 is 19.4 Å². The molecule has 0 atom stereocenters. The molecule has 1 saturated heterocycles. The van der Waals surface area contributed by atoms with Crippen molar-refractivity contribution in [2.75, 3.05) is 25.0 Å². The molecular formula is C27H26N2O4. The molecule has 33 heavy (non-hydrogen) atoms. The molecule has 3 aromatic carbocycles. The van der Waals surface area contributed by atoms with E-state index in [1.54, 1.807) is 18.2 Å². The Morgan fingerprint density at radius 2 is 1.55 bits per heavy atom. The molecule has 5 rings (SSSR count). The number of nitrogens with zero attached hydrogens (tertiary/aromatic N) is 1. The van der Waals surface area contributed by atoms with Gasteiger partial charge in [0.25, 0.3) is 11.8 Å². The molecule has 0 radical (unpaired) electrons. The number of anilines is 1. The second-order valence-electron chi connectivity index (χ2n) is 8.61. The Labute approximate surface area is 192 Å². The topological polar surface area (TPSA) is 78.9 Å². The molecule has 0 saturated carbocycles. The molecule has 1 fully saturated rings. The number of ether oxygens (including phenoxy) is 1. The third kappa shape index (κ3) is 3.98. The summed E-state index contributed by atoms with van der Waals surface area (Å²) >= 11 is 0. The van der Waals surface area contributed by atoms with E-state index in [2.05, 4.69) is 5.32 Å². The minimum atomic E-state index is -1.12. The van der Waals surface area contributed by atoms with E-state index in [9.17, 15) is 14.7 Å². The highest BCUT2D eigenvalue weighted by Gasteiger charge is 2.42. The molecule has 0 bridgehead atoms. The lowest BCUT2D eigenvalue weighted by Crippen LogP contribution is -2.46. The molecule has 0 spiro atoms. The lowest BCUT2D eigenvalue weighted by molar-refractivity contribution is -0.118. The number of piperidine rings is 1. The van der Waals surface area contributed by atoms with Crippen molar-refractivity contribution in [3.8, 4) is 5.75 Å². The van der Waals surface area contributed by atoms with Gasteiger partial charge >= 0.3 is 0 Å². The quantitative estimate of drug-likeness (QED) is 0.644. The fourth-order valence-corrected chi connectivity index (χ4v) is 4.92. The Balaban J connectivity index is 1.35. The van der Waals surface area contributed by atoms with Crippen LogP contribution in [0.15, 0.2) is 78.9 Å². The van der Waals surface area contributed by atoms with Gasteiger partial charge in [0.2, 0.25) is 0 Å². The number of amides is 2. The number of rotatable bonds is 4. The normalized spacial score (nSPS) is 16.5. The third-order valence-corrected chi connectivity index (χ3v) is 6.66. The second-order valence-corrected chi connectivity index (χ2v) is 8.61. The molecule has 3 aromatic rings. The van der Waals surface area contributed by atoms with Gasteiger partial charge in [-0.05, 0) is 48.1 Å². The van der Waals surface area contributed by atoms with Crippen LogP contribution in [0.2, 0.25) is 0 Å². The van der Waals surface area contributed by atoms with Gasteiger partial charge in [0.1, 0.15) is 11.4 Å². The number of likely N-dealkylation sites (tertiary alicyclic amines) is 1. The maximum atomic E-state index is 13.2. The Bertz CT molecular complexity index is 1120. The SMILES string of the molecule is O=C1COc2ccc(C(=O)N3CCC(C(O)(c4ccccc4)c4ccccc4)CC3)cc2N1. The zero-order chi connectivity index (χ0) is 22.8. The van der Waals surface area contributed by atoms with E-state index < -0.39 is 5.60 Å². The van der Waals surface area contributed by atoms with Crippen LogP contribution in [-0.4, -0.2) is 41.5 Å². The highest BCUT2D eigenvalue weighted by atomic mass is 16.5. The van der Waals surface area contributed by atoms with Gasteiger partial charge in [0, 0.05) is 18.7 Å². The molecule has 2 amide bonds. The van der Waals surface area contributed by atoms with E-state index >= 15 is 0 Å². The fourth-order valence-electron chi connectivity index (χ4n) is 4.92. The molecule has 2 heterocycles. The molecule has 0 aromatic heterocycles. The first-order valence-corrected chi connectivity index (χ1v) is 11.2. The number of hydrogen-bond donors (Lipinski definition) is 2. The summed E-state index contributed by atoms with van der Waals surface area (Å²) in [5, 5.41) is 14.8. The predicted molar refractivity (Wildman–Crippen MR) is 125 cm³/mol. The predicted octanol–water partition coefficient (Wildman–Crippen LogP) is 3.81. The maximum Gasteiger partial charge on any atom is 0.262 e. The molecule has 0 unspecified atom stereocenters. The Kier molecular flexibility index (Phi) is 5.60. The minimum absolute atomic E-state index is 0.0143. The summed E-state index contributed by atoms with van der Waals surface area (Å²) in [5.74, 6) is 0.233. The van der Waals surface area contributed by atoms with Crippen LogP contribution in [0, 0.1) is 5.92 Å². The number of benzene rings is 3. The first-order valence-electron chi connectivity index (χ1n) is 11.2. The van der Waals surface area contributed by atoms with Gasteiger partial charge in [-0.1, -0.05) is 60.7 Å². The average Bonchev–Trinajstić information content (AvgIpc) is 2.88. The second kappa shape index (κ2) is 8.71. The molecule has 2 N–H and O–H groups in total. The molecule has 6 heteroatoms. The highest BCUT2D eigenvalue weighted by molar-refractivity contribution is 5.99. The van der Waals surface area contributed by atoms with Crippen molar-refractivity contribution in [1.82, 2.24) is 4.90 Å². The van der Waals surface area contributed by atoms with Crippen molar-refractivity contribution in [2.45, 2.75) is 18.4 Å². The summed E-state index contributed by atoms with van der Waals surface area (Å²) < 4.78 is 5.39. The van der Waals surface area contributed by atoms with Crippen LogP contribution in [0.1, 0.15) is 34.3 Å². The van der Waals surface area contributed by atoms with Gasteiger partial charge < -0.3 is 20.1 Å². The Morgan fingerprint density at radius 3 is 2.15 bits per heavy atom. The number of carbonyl (C=O) groups is 2. The van der Waals surface area contributed by atoms with Crippen LogP contribution in [0.5, 0.6) is 5.75 Å². The fraction of sp³-hybridized carbons (Fsp3) is 0.259. The summed E-state index contributed by atoms with van der Waals surface area (Å²) in [5.41, 5.74) is 1.65. The number of carbonyl (C=O) groups excluding carboxylic acids is 2. The summed E-state index contributed by atoms with van der Waals surface area (Å²) in [6.07, 6.45) is 1.35. The monoisotopic (exact) mass is 442 g/mol. The van der Waals surface area contributed by atoms with Crippen LogP contribution in [0.4, 0.5) is 5.69 Å². The van der Waals surface area contributed by atoms with Gasteiger partial charge in [-0.15, -0.1) is 0 Å². The van der Waals surface area contributed by atoms with E-state index in [1.165, 1.54) is 0 Å². The highest BCUT2D eigenvalue weighted by Crippen LogP contribution is 2.42. The molecule has 0 aliphatic carbocycles. The molecular weight excluding hydrogens is 416 g/mol. The first-order chi connectivity index (χ1) is 16.1. The van der Waals surface area contributed by atoms with E-state index in [4.69, 9.17) is 4.74 Å². The van der Waals surface area contributed by atoms with Crippen molar-refractivity contribution in [3.05, 3.63) is 95.6 Å². The minimum Gasteiger partial charge on any atom is -0.482 e. The summed E-state index contributed by atoms with van der Waals surface area (Å²) in [7, 11) is 0. The van der Waals surface area contributed by atoms with Gasteiger partial charge in [0.15, 0.2) is 6.61 Å². The van der Waals surface area contributed by atoms with Crippen molar-refractivity contribution in [2.24, 2.45) is 5.92 Å². The lowest BCUT2D eigenvalue weighted by atomic mass is 9.72. The van der Waals surface area contributed by atoms with E-state index in [0.717, 1.165) is 11.1 Å². The third-order valence-electron chi connectivity index (χ3n) is 6.66. The van der Waals surface area contributed by atoms with Crippen molar-refractivity contribution >= 4 is 17.5 Å². The molecule has 2 aliphatic rings. The summed E-state index contributed by atoms with van der Waals surface area (Å²) in [4.78, 5) is 26.6. The lowest BCUT2D eigenvalue weighted by Gasteiger charge is -2.42. The Morgan fingerprint density at radius 1 is 0.939 bits per heavy atom. The van der Waals surface area contributed by atoms with E-state index in [0.29, 0.717) is 42.9 Å². The van der Waals surface area contributed by atoms with Crippen molar-refractivity contribution in [1.29, 1.82) is 0 Å². The molecule has 2 aliphatic heterocycles. The smallest absolute Gasteiger partial charge is 0.262 e. The van der Waals surface area contributed by atoms with Crippen molar-refractivity contribution in [3.63, 3.8) is 0 Å². The Hall–Kier alpha value is -3.64. The van der Waals surface area contributed by atoms with Crippen LogP contribution in [0.25, 0.3) is 0 Å².